The van der Waals surface area contributed by atoms with Crippen molar-refractivity contribution in [2.75, 3.05) is 0 Å². The van der Waals surface area contributed by atoms with Gasteiger partial charge in [0.05, 0.1) is 5.56 Å². The van der Waals surface area contributed by atoms with Gasteiger partial charge in [-0.05, 0) is 13.0 Å². The van der Waals surface area contributed by atoms with E-state index in [0.717, 1.165) is 0 Å². The number of carboxylic acid groups (broad SMARTS) is 1. The van der Waals surface area contributed by atoms with Crippen LogP contribution in [0, 0.1) is 6.92 Å². The highest BCUT2D eigenvalue weighted by atomic mass is 16.4. The van der Waals surface area contributed by atoms with Crippen LogP contribution in [0.1, 0.15) is 16.1 Å². The molecule has 1 aromatic carbocycles. The average molecular weight is 230 g/mol. The fraction of sp³-hybridized carbons (Fsp3) is 0.0833. The minimum Gasteiger partial charge on any atom is -0.478 e. The highest BCUT2D eigenvalue weighted by molar-refractivity contribution is 5.94. The first kappa shape index (κ1) is 11.1. The molecule has 0 aliphatic rings. The monoisotopic (exact) mass is 230 g/mol. The van der Waals surface area contributed by atoms with Crippen molar-refractivity contribution in [3.05, 3.63) is 51.9 Å². The molecule has 2 N–H and O–H groups in total. The van der Waals surface area contributed by atoms with Crippen LogP contribution in [0.4, 0.5) is 0 Å². The summed E-state index contributed by atoms with van der Waals surface area (Å²) in [6, 6.07) is 7.76. The number of nitrogens with zero attached hydrogens (tertiary/aromatic N) is 1. The van der Waals surface area contributed by atoms with Crippen LogP contribution in [0.25, 0.3) is 11.4 Å². The number of rotatable bonds is 2. The van der Waals surface area contributed by atoms with E-state index < -0.39 is 5.97 Å². The molecule has 2 rings (SSSR count). The number of H-pyrrole nitrogens is 1. The molecule has 5 nitrogen and oxygen atoms in total. The molecule has 0 bridgehead atoms. The van der Waals surface area contributed by atoms with E-state index >= 15 is 0 Å². The summed E-state index contributed by atoms with van der Waals surface area (Å²) in [5, 5.41) is 9.05. The molecule has 86 valence electrons. The Balaban J connectivity index is 2.68. The molecule has 0 atom stereocenters. The maximum Gasteiger partial charge on any atom is 0.336 e. The average Bonchev–Trinajstić information content (AvgIpc) is 2.27. The van der Waals surface area contributed by atoms with Gasteiger partial charge in [-0.1, -0.05) is 18.2 Å². The van der Waals surface area contributed by atoms with Crippen molar-refractivity contribution in [2.45, 2.75) is 6.92 Å². The Bertz CT molecular complexity index is 632. The molecule has 1 heterocycles. The van der Waals surface area contributed by atoms with Crippen molar-refractivity contribution < 1.29 is 9.90 Å². The zero-order valence-corrected chi connectivity index (χ0v) is 9.10. The van der Waals surface area contributed by atoms with E-state index in [1.54, 1.807) is 25.1 Å². The number of hydrogen-bond donors (Lipinski definition) is 2. The number of benzene rings is 1. The smallest absolute Gasteiger partial charge is 0.336 e. The topological polar surface area (TPSA) is 83.0 Å². The summed E-state index contributed by atoms with van der Waals surface area (Å²) in [5.41, 5.74) is 0.763. The van der Waals surface area contributed by atoms with Gasteiger partial charge in [0.15, 0.2) is 0 Å². The summed E-state index contributed by atoms with van der Waals surface area (Å²) in [4.78, 5) is 29.0. The quantitative estimate of drug-likeness (QED) is 0.817. The summed E-state index contributed by atoms with van der Waals surface area (Å²) < 4.78 is 0. The number of nitrogens with one attached hydrogen (secondary N) is 1. The third-order valence-corrected chi connectivity index (χ3v) is 2.28. The van der Waals surface area contributed by atoms with Gasteiger partial charge < -0.3 is 10.1 Å². The van der Waals surface area contributed by atoms with Crippen LogP contribution in [0.3, 0.4) is 0 Å². The normalized spacial score (nSPS) is 10.2. The van der Waals surface area contributed by atoms with Gasteiger partial charge in [-0.2, -0.15) is 0 Å². The van der Waals surface area contributed by atoms with Gasteiger partial charge in [0.1, 0.15) is 5.82 Å². The highest BCUT2D eigenvalue weighted by Gasteiger charge is 2.12. The SMILES string of the molecule is Cc1cc(=O)[nH]c(-c2ccccc2C(=O)O)n1. The number of carboxylic acids is 1. The standard InChI is InChI=1S/C12H10N2O3/c1-7-6-10(15)14-11(13-7)8-4-2-3-5-9(8)12(16)17/h2-6H,1H3,(H,16,17)(H,13,14,15). The fourth-order valence-electron chi connectivity index (χ4n) is 1.58. The maximum absolute atomic E-state index is 11.3. The number of hydrogen-bond acceptors (Lipinski definition) is 3. The lowest BCUT2D eigenvalue weighted by Gasteiger charge is -2.05. The summed E-state index contributed by atoms with van der Waals surface area (Å²) in [6.07, 6.45) is 0. The highest BCUT2D eigenvalue weighted by Crippen LogP contribution is 2.19. The molecule has 0 saturated carbocycles. The first-order valence-corrected chi connectivity index (χ1v) is 4.98. The van der Waals surface area contributed by atoms with E-state index in [1.807, 2.05) is 0 Å². The lowest BCUT2D eigenvalue weighted by Crippen LogP contribution is -2.10. The first-order chi connectivity index (χ1) is 8.08. The van der Waals surface area contributed by atoms with E-state index in [-0.39, 0.29) is 16.9 Å². The molecular weight excluding hydrogens is 220 g/mol. The summed E-state index contributed by atoms with van der Waals surface area (Å²) in [6.45, 7) is 1.68. The summed E-state index contributed by atoms with van der Waals surface area (Å²) in [5.74, 6) is -0.780. The van der Waals surface area contributed by atoms with Crippen LogP contribution >= 0.6 is 0 Å². The molecule has 0 fully saturated rings. The van der Waals surface area contributed by atoms with Gasteiger partial charge in [0, 0.05) is 17.3 Å². The van der Waals surface area contributed by atoms with Crippen LogP contribution in [0.2, 0.25) is 0 Å². The van der Waals surface area contributed by atoms with E-state index in [0.29, 0.717) is 11.3 Å². The molecule has 0 aliphatic heterocycles. The van der Waals surface area contributed by atoms with E-state index in [1.165, 1.54) is 12.1 Å². The number of aromatic nitrogens is 2. The van der Waals surface area contributed by atoms with E-state index in [9.17, 15) is 9.59 Å². The zero-order valence-electron chi connectivity index (χ0n) is 9.10. The molecule has 2 aromatic rings. The molecule has 0 saturated heterocycles. The number of aryl methyl sites for hydroxylation is 1. The Labute approximate surface area is 96.8 Å². The number of aromatic carboxylic acids is 1. The third kappa shape index (κ3) is 2.23. The molecule has 0 amide bonds. The zero-order chi connectivity index (χ0) is 12.4. The van der Waals surface area contributed by atoms with Gasteiger partial charge in [-0.25, -0.2) is 9.78 Å². The molecule has 0 unspecified atom stereocenters. The summed E-state index contributed by atoms with van der Waals surface area (Å²) >= 11 is 0. The summed E-state index contributed by atoms with van der Waals surface area (Å²) in [7, 11) is 0. The van der Waals surface area contributed by atoms with Crippen LogP contribution in [-0.4, -0.2) is 21.0 Å². The van der Waals surface area contributed by atoms with Gasteiger partial charge >= 0.3 is 5.97 Å². The molecule has 17 heavy (non-hydrogen) atoms. The van der Waals surface area contributed by atoms with Crippen molar-refractivity contribution in [1.29, 1.82) is 0 Å². The number of aromatic amines is 1. The minimum absolute atomic E-state index is 0.112. The molecule has 0 radical (unpaired) electrons. The predicted molar refractivity (Wildman–Crippen MR) is 62.0 cm³/mol. The van der Waals surface area contributed by atoms with Gasteiger partial charge in [0.25, 0.3) is 5.56 Å². The Morgan fingerprint density at radius 2 is 2.06 bits per heavy atom. The Morgan fingerprint density at radius 3 is 2.71 bits per heavy atom. The van der Waals surface area contributed by atoms with Gasteiger partial charge in [0.2, 0.25) is 0 Å². The Kier molecular flexibility index (Phi) is 2.74. The fourth-order valence-corrected chi connectivity index (χ4v) is 1.58. The molecule has 5 heteroatoms. The molecule has 0 spiro atoms. The third-order valence-electron chi connectivity index (χ3n) is 2.28. The second-order valence-corrected chi connectivity index (χ2v) is 3.59. The van der Waals surface area contributed by atoms with Crippen LogP contribution in [0.5, 0.6) is 0 Å². The second-order valence-electron chi connectivity index (χ2n) is 3.59. The van der Waals surface area contributed by atoms with Crippen molar-refractivity contribution in [1.82, 2.24) is 9.97 Å². The Hall–Kier alpha value is -2.43. The second kappa shape index (κ2) is 4.21. The largest absolute Gasteiger partial charge is 0.478 e. The van der Waals surface area contributed by atoms with E-state index in [4.69, 9.17) is 5.11 Å². The molecule has 1 aromatic heterocycles. The van der Waals surface area contributed by atoms with Crippen LogP contribution in [-0.2, 0) is 0 Å². The minimum atomic E-state index is -1.05. The lowest BCUT2D eigenvalue weighted by molar-refractivity contribution is 0.0697. The van der Waals surface area contributed by atoms with Crippen LogP contribution in [0.15, 0.2) is 35.1 Å². The number of carbonyl (C=O) groups is 1. The molecular formula is C12H10N2O3. The van der Waals surface area contributed by atoms with Crippen molar-refractivity contribution in [2.24, 2.45) is 0 Å². The lowest BCUT2D eigenvalue weighted by atomic mass is 10.1. The van der Waals surface area contributed by atoms with Gasteiger partial charge in [-0.3, -0.25) is 4.79 Å². The van der Waals surface area contributed by atoms with Crippen molar-refractivity contribution in [3.63, 3.8) is 0 Å². The maximum atomic E-state index is 11.3. The Morgan fingerprint density at radius 1 is 1.35 bits per heavy atom. The first-order valence-electron chi connectivity index (χ1n) is 4.98. The van der Waals surface area contributed by atoms with E-state index in [2.05, 4.69) is 9.97 Å². The van der Waals surface area contributed by atoms with Crippen molar-refractivity contribution in [3.8, 4) is 11.4 Å². The molecule has 0 aliphatic carbocycles. The van der Waals surface area contributed by atoms with Crippen LogP contribution < -0.4 is 5.56 Å². The van der Waals surface area contributed by atoms with Crippen molar-refractivity contribution >= 4 is 5.97 Å². The predicted octanol–water partition coefficient (Wildman–Crippen LogP) is 1.44. The van der Waals surface area contributed by atoms with Gasteiger partial charge in [-0.15, -0.1) is 0 Å².